The normalized spacial score (nSPS) is 12.0. The molecule has 2 heterocycles. The summed E-state index contributed by atoms with van der Waals surface area (Å²) in [4.78, 5) is 22.7. The molecule has 0 radical (unpaired) electrons. The van der Waals surface area contributed by atoms with Crippen molar-refractivity contribution in [2.24, 2.45) is 0 Å². The van der Waals surface area contributed by atoms with Crippen molar-refractivity contribution in [2.45, 2.75) is 51.0 Å². The second-order valence-corrected chi connectivity index (χ2v) is 13.4. The Labute approximate surface area is 270 Å². The van der Waals surface area contributed by atoms with E-state index in [0.717, 1.165) is 53.7 Å². The Morgan fingerprint density at radius 1 is 0.935 bits per heavy atom. The molecule has 4 rings (SSSR count). The van der Waals surface area contributed by atoms with Gasteiger partial charge in [-0.1, -0.05) is 6.08 Å². The Hall–Kier alpha value is -4.26. The maximum absolute atomic E-state index is 11.7. The van der Waals surface area contributed by atoms with Crippen LogP contribution in [0.1, 0.15) is 50.9 Å². The van der Waals surface area contributed by atoms with Gasteiger partial charge in [-0.15, -0.1) is 0 Å². The molecule has 12 heteroatoms. The van der Waals surface area contributed by atoms with Gasteiger partial charge in [-0.05, 0) is 68.7 Å². The van der Waals surface area contributed by atoms with E-state index in [1.165, 1.54) is 12.1 Å². The molecule has 0 saturated carbocycles. The van der Waals surface area contributed by atoms with E-state index in [9.17, 15) is 22.6 Å². The van der Waals surface area contributed by atoms with Crippen LogP contribution in [0.3, 0.4) is 0 Å². The number of aromatic nitrogens is 1. The summed E-state index contributed by atoms with van der Waals surface area (Å²) in [5.41, 5.74) is 3.41. The third kappa shape index (κ3) is 10.7. The monoisotopic (exact) mass is 654 g/mol. The zero-order valence-corrected chi connectivity index (χ0v) is 27.9. The van der Waals surface area contributed by atoms with Gasteiger partial charge in [0.2, 0.25) is 5.52 Å². The number of unbranched alkanes of at least 4 members (excludes halogenated alkanes) is 2. The van der Waals surface area contributed by atoms with Crippen molar-refractivity contribution < 1.29 is 46.2 Å². The first kappa shape index (κ1) is 36.2. The number of carboxylic acid groups (broad SMARTS) is 2. The molecule has 0 unspecified atom stereocenters. The lowest BCUT2D eigenvalue weighted by Gasteiger charge is -2.20. The first-order valence-electron chi connectivity index (χ1n) is 15.2. The summed E-state index contributed by atoms with van der Waals surface area (Å²) in [5.74, 6) is -0.899. The van der Waals surface area contributed by atoms with Crippen LogP contribution in [-0.2, 0) is 26.3 Å². The number of pyridine rings is 1. The number of aliphatic carboxylic acids is 2. The Kier molecular flexibility index (Phi) is 12.5. The molecule has 0 fully saturated rings. The zero-order valence-electron chi connectivity index (χ0n) is 27.1. The van der Waals surface area contributed by atoms with Crippen molar-refractivity contribution in [1.82, 2.24) is 0 Å². The molecule has 0 bridgehead atoms. The third-order valence-corrected chi connectivity index (χ3v) is 8.12. The van der Waals surface area contributed by atoms with Gasteiger partial charge in [-0.25, -0.2) is 13.2 Å². The Morgan fingerprint density at radius 2 is 1.65 bits per heavy atom. The van der Waals surface area contributed by atoms with Crippen LogP contribution < -0.4 is 9.47 Å². The van der Waals surface area contributed by atoms with Gasteiger partial charge in [0, 0.05) is 55.2 Å². The molecule has 0 saturated heterocycles. The van der Waals surface area contributed by atoms with Crippen LogP contribution in [0.15, 0.2) is 64.0 Å². The molecule has 0 atom stereocenters. The van der Waals surface area contributed by atoms with Gasteiger partial charge < -0.3 is 28.6 Å². The fourth-order valence-corrected chi connectivity index (χ4v) is 5.55. The van der Waals surface area contributed by atoms with E-state index in [1.807, 2.05) is 68.3 Å². The van der Waals surface area contributed by atoms with Crippen molar-refractivity contribution in [2.75, 3.05) is 45.7 Å². The smallest absolute Gasteiger partial charge is 0.359 e. The highest BCUT2D eigenvalue weighted by molar-refractivity contribution is 7.85. The van der Waals surface area contributed by atoms with E-state index >= 15 is 0 Å². The molecule has 4 aromatic rings. The van der Waals surface area contributed by atoms with E-state index in [2.05, 4.69) is 24.8 Å². The van der Waals surface area contributed by atoms with Crippen LogP contribution in [0.2, 0.25) is 0 Å². The Bertz CT molecular complexity index is 1800. The number of fused-ring (bicyclic) bond motifs is 2. The van der Waals surface area contributed by atoms with Gasteiger partial charge in [0.25, 0.3) is 0 Å². The van der Waals surface area contributed by atoms with Gasteiger partial charge in [-0.3, -0.25) is 4.79 Å². The van der Waals surface area contributed by atoms with Crippen LogP contribution in [0.25, 0.3) is 34.0 Å². The lowest BCUT2D eigenvalue weighted by molar-refractivity contribution is -0.862. The molecular weight excluding hydrogens is 610 g/mol. The molecule has 248 valence electrons. The second kappa shape index (κ2) is 15.8. The highest BCUT2D eigenvalue weighted by Crippen LogP contribution is 2.27. The average Bonchev–Trinajstić information content (AvgIpc) is 3.37. The average molecular weight is 655 g/mol. The van der Waals surface area contributed by atoms with E-state index < -0.39 is 22.1 Å². The standard InChI is InChI=1S/C29H32N2O6S.C5H11NO2/c1-3-30(4-2)23-11-9-22-18-24(37-28(22)19-23)12-10-21-15-17-31(16-7-5-6-8-29(32)33)27-14-13-25(20-26(21)27)38(34,35)36;1-6(2,3)4-5(7)8/h9-15,17-20H,3-8,16H2,1-2H3,(H-,32,33,34,35,36);4H2,1-3H3/p+1. The van der Waals surface area contributed by atoms with Gasteiger partial charge in [-0.2, -0.15) is 4.57 Å². The summed E-state index contributed by atoms with van der Waals surface area (Å²) < 4.78 is 43.7. The summed E-state index contributed by atoms with van der Waals surface area (Å²) in [6.45, 7) is 6.85. The Morgan fingerprint density at radius 3 is 2.24 bits per heavy atom. The predicted octanol–water partition coefficient (Wildman–Crippen LogP) is 5.22. The number of hydrogen-bond acceptors (Lipinski definition) is 7. The van der Waals surface area contributed by atoms with Gasteiger partial charge in [0.15, 0.2) is 12.7 Å². The SMILES string of the molecule is CCN(CC)c1ccc2cc(/C=C/c3cc[n+](CCCCCC(=O)O)c4ccc(S(=O)(=O)[O-])cc34)oc2c1.C[N+](C)(C)CC(=O)O. The minimum atomic E-state index is -4.62. The molecule has 46 heavy (non-hydrogen) atoms. The molecule has 0 aliphatic rings. The predicted molar refractivity (Wildman–Crippen MR) is 177 cm³/mol. The highest BCUT2D eigenvalue weighted by Gasteiger charge is 2.15. The van der Waals surface area contributed by atoms with Crippen molar-refractivity contribution in [3.8, 4) is 0 Å². The molecule has 0 spiro atoms. The topological polar surface area (TPSA) is 152 Å². The first-order chi connectivity index (χ1) is 21.6. The minimum Gasteiger partial charge on any atom is -0.744 e. The lowest BCUT2D eigenvalue weighted by atomic mass is 10.1. The molecule has 11 nitrogen and oxygen atoms in total. The summed E-state index contributed by atoms with van der Waals surface area (Å²) >= 11 is 0. The quantitative estimate of drug-likeness (QED) is 0.0807. The molecule has 2 aromatic heterocycles. The number of quaternary nitrogens is 1. The summed E-state index contributed by atoms with van der Waals surface area (Å²) in [6, 6.07) is 14.3. The number of anilines is 1. The maximum Gasteiger partial charge on any atom is 0.359 e. The summed E-state index contributed by atoms with van der Waals surface area (Å²) in [6.07, 6.45) is 7.87. The molecule has 2 N–H and O–H groups in total. The number of hydrogen-bond donors (Lipinski definition) is 2. The molecule has 2 aromatic carbocycles. The largest absolute Gasteiger partial charge is 0.744 e. The maximum atomic E-state index is 11.7. The number of carbonyl (C=O) groups is 2. The minimum absolute atomic E-state index is 0.137. The first-order valence-corrected chi connectivity index (χ1v) is 16.6. The molecular formula is C34H44N3O8S+. The second-order valence-electron chi connectivity index (χ2n) is 12.0. The molecule has 0 aliphatic carbocycles. The van der Waals surface area contributed by atoms with Crippen molar-refractivity contribution in [1.29, 1.82) is 0 Å². The van der Waals surface area contributed by atoms with E-state index in [-0.39, 0.29) is 17.9 Å². The van der Waals surface area contributed by atoms with Crippen molar-refractivity contribution in [3.05, 3.63) is 66.1 Å². The van der Waals surface area contributed by atoms with Gasteiger partial charge in [0.1, 0.15) is 28.0 Å². The molecule has 0 aliphatic heterocycles. The number of rotatable bonds is 14. The van der Waals surface area contributed by atoms with Crippen LogP contribution in [0.5, 0.6) is 0 Å². The van der Waals surface area contributed by atoms with E-state index in [1.54, 1.807) is 6.07 Å². The summed E-state index contributed by atoms with van der Waals surface area (Å²) in [5, 5.41) is 18.7. The lowest BCUT2D eigenvalue weighted by Crippen LogP contribution is -2.39. The zero-order chi connectivity index (χ0) is 34.1. The number of aryl methyl sites for hydroxylation is 1. The number of furan rings is 1. The molecule has 0 amide bonds. The van der Waals surface area contributed by atoms with E-state index in [0.29, 0.717) is 28.6 Å². The highest BCUT2D eigenvalue weighted by atomic mass is 32.2. The fraction of sp³-hybridized carbons (Fsp3) is 0.382. The van der Waals surface area contributed by atoms with Gasteiger partial charge in [0.05, 0.1) is 31.4 Å². The van der Waals surface area contributed by atoms with Crippen molar-refractivity contribution >= 4 is 61.8 Å². The van der Waals surface area contributed by atoms with Crippen LogP contribution in [0.4, 0.5) is 5.69 Å². The van der Waals surface area contributed by atoms with Crippen LogP contribution >= 0.6 is 0 Å². The number of nitrogens with zero attached hydrogens (tertiary/aromatic N) is 3. The number of carboxylic acids is 2. The fourth-order valence-electron chi connectivity index (χ4n) is 5.05. The van der Waals surface area contributed by atoms with Crippen LogP contribution in [-0.4, -0.2) is 80.4 Å². The van der Waals surface area contributed by atoms with Gasteiger partial charge >= 0.3 is 11.9 Å². The van der Waals surface area contributed by atoms with E-state index in [4.69, 9.17) is 14.6 Å². The summed E-state index contributed by atoms with van der Waals surface area (Å²) in [7, 11) is 0.906. The van der Waals surface area contributed by atoms with Crippen LogP contribution in [0, 0.1) is 0 Å². The Balaban J connectivity index is 0.000000637. The third-order valence-electron chi connectivity index (χ3n) is 7.29. The van der Waals surface area contributed by atoms with Crippen molar-refractivity contribution in [3.63, 3.8) is 0 Å². The number of likely N-dealkylation sites (N-methyl/N-ethyl adjacent to an activating group) is 1. The number of benzene rings is 2.